The van der Waals surface area contributed by atoms with Crippen molar-refractivity contribution in [1.29, 1.82) is 0 Å². The van der Waals surface area contributed by atoms with Crippen molar-refractivity contribution in [2.45, 2.75) is 25.5 Å². The molecule has 3 aromatic heterocycles. The van der Waals surface area contributed by atoms with Gasteiger partial charge >= 0.3 is 0 Å². The number of hydrogen-bond donors (Lipinski definition) is 2. The highest BCUT2D eigenvalue weighted by atomic mass is 32.2. The molecule has 4 aromatic rings. The Morgan fingerprint density at radius 2 is 1.93 bits per heavy atom. The number of hydrogen-bond acceptors (Lipinski definition) is 7. The average Bonchev–Trinajstić information content (AvgIpc) is 3.15. The molecule has 10 heteroatoms. The minimum Gasteiger partial charge on any atom is -0.308 e. The number of anilines is 1. The van der Waals surface area contributed by atoms with Gasteiger partial charge in [-0.25, -0.2) is 15.0 Å². The molecule has 0 aliphatic carbocycles. The molecule has 9 nitrogen and oxygen atoms in total. The third-order valence-electron chi connectivity index (χ3n) is 4.33. The first-order chi connectivity index (χ1) is 14.5. The molecule has 0 saturated heterocycles. The van der Waals surface area contributed by atoms with Gasteiger partial charge in [-0.05, 0) is 19.4 Å². The molecule has 0 fully saturated rings. The SMILES string of the molecule is Cc1ccc(Cn2c(SCC(=O)Nc3cc(C)[nH]n3)nc3nccnc3c2=O)cc1. The first kappa shape index (κ1) is 19.8. The van der Waals surface area contributed by atoms with E-state index in [1.165, 1.54) is 28.7 Å². The highest BCUT2D eigenvalue weighted by Gasteiger charge is 2.15. The standard InChI is InChI=1S/C20H19N7O2S/c1-12-3-5-14(6-4-12)10-27-19(29)17-18(22-8-7-21-17)24-20(27)30-11-16(28)23-15-9-13(2)25-26-15/h3-9H,10-11H2,1-2H3,(H2,23,25,26,28). The van der Waals surface area contributed by atoms with Crippen molar-refractivity contribution in [3.05, 3.63) is 69.9 Å². The Morgan fingerprint density at radius 1 is 1.17 bits per heavy atom. The maximum Gasteiger partial charge on any atom is 0.282 e. The van der Waals surface area contributed by atoms with E-state index >= 15 is 0 Å². The summed E-state index contributed by atoms with van der Waals surface area (Å²) in [6, 6.07) is 9.63. The average molecular weight is 421 g/mol. The summed E-state index contributed by atoms with van der Waals surface area (Å²) in [7, 11) is 0. The lowest BCUT2D eigenvalue weighted by Gasteiger charge is -2.12. The number of aryl methyl sites for hydroxylation is 2. The third kappa shape index (κ3) is 4.38. The number of nitrogens with zero attached hydrogens (tertiary/aromatic N) is 5. The van der Waals surface area contributed by atoms with E-state index in [2.05, 4.69) is 30.5 Å². The van der Waals surface area contributed by atoms with Gasteiger partial charge in [0.15, 0.2) is 22.1 Å². The quantitative estimate of drug-likeness (QED) is 0.362. The number of aromatic amines is 1. The molecular weight excluding hydrogens is 402 g/mol. The smallest absolute Gasteiger partial charge is 0.282 e. The van der Waals surface area contributed by atoms with Crippen LogP contribution in [0.25, 0.3) is 11.2 Å². The van der Waals surface area contributed by atoms with E-state index in [1.807, 2.05) is 38.1 Å². The Bertz CT molecular complexity index is 1260. The lowest BCUT2D eigenvalue weighted by molar-refractivity contribution is -0.113. The fourth-order valence-electron chi connectivity index (χ4n) is 2.85. The second-order valence-electron chi connectivity index (χ2n) is 6.77. The van der Waals surface area contributed by atoms with E-state index in [0.717, 1.165) is 16.8 Å². The monoisotopic (exact) mass is 421 g/mol. The van der Waals surface area contributed by atoms with Gasteiger partial charge in [0.2, 0.25) is 5.91 Å². The number of rotatable bonds is 6. The Labute approximate surface area is 176 Å². The lowest BCUT2D eigenvalue weighted by Crippen LogP contribution is -2.25. The van der Waals surface area contributed by atoms with Gasteiger partial charge in [0.25, 0.3) is 5.56 Å². The van der Waals surface area contributed by atoms with Crippen molar-refractivity contribution in [1.82, 2.24) is 29.7 Å². The molecule has 1 amide bonds. The van der Waals surface area contributed by atoms with Crippen LogP contribution in [0.15, 0.2) is 52.7 Å². The number of aromatic nitrogens is 6. The van der Waals surface area contributed by atoms with Crippen LogP contribution in [0, 0.1) is 13.8 Å². The van der Waals surface area contributed by atoms with Crippen LogP contribution in [-0.2, 0) is 11.3 Å². The summed E-state index contributed by atoms with van der Waals surface area (Å²) < 4.78 is 1.53. The van der Waals surface area contributed by atoms with Gasteiger partial charge in [-0.2, -0.15) is 5.10 Å². The van der Waals surface area contributed by atoms with Crippen LogP contribution in [-0.4, -0.2) is 41.4 Å². The molecule has 0 bridgehead atoms. The van der Waals surface area contributed by atoms with Crippen LogP contribution in [0.1, 0.15) is 16.8 Å². The molecule has 0 aliphatic rings. The van der Waals surface area contributed by atoms with Crippen molar-refractivity contribution in [2.75, 3.05) is 11.1 Å². The van der Waals surface area contributed by atoms with Crippen LogP contribution < -0.4 is 10.9 Å². The number of carbonyl (C=O) groups is 1. The predicted octanol–water partition coefficient (Wildman–Crippen LogP) is 2.31. The second kappa shape index (κ2) is 8.46. The highest BCUT2D eigenvalue weighted by Crippen LogP contribution is 2.18. The van der Waals surface area contributed by atoms with Crippen molar-refractivity contribution >= 4 is 34.7 Å². The molecule has 0 radical (unpaired) electrons. The molecule has 0 spiro atoms. The molecule has 152 valence electrons. The topological polar surface area (TPSA) is 118 Å². The minimum absolute atomic E-state index is 0.0675. The van der Waals surface area contributed by atoms with E-state index in [4.69, 9.17) is 0 Å². The Kier molecular flexibility index (Phi) is 5.57. The Morgan fingerprint density at radius 3 is 2.67 bits per heavy atom. The summed E-state index contributed by atoms with van der Waals surface area (Å²) in [6.45, 7) is 4.17. The van der Waals surface area contributed by atoms with Gasteiger partial charge in [0, 0.05) is 24.2 Å². The molecule has 1 aromatic carbocycles. The van der Waals surface area contributed by atoms with Crippen LogP contribution >= 0.6 is 11.8 Å². The Balaban J connectivity index is 1.62. The Hall–Kier alpha value is -3.53. The van der Waals surface area contributed by atoms with Gasteiger partial charge < -0.3 is 5.32 Å². The third-order valence-corrected chi connectivity index (χ3v) is 5.30. The number of benzene rings is 1. The van der Waals surface area contributed by atoms with Crippen molar-refractivity contribution in [2.24, 2.45) is 0 Å². The minimum atomic E-state index is -0.292. The molecule has 30 heavy (non-hydrogen) atoms. The van der Waals surface area contributed by atoms with Crippen LogP contribution in [0.4, 0.5) is 5.82 Å². The fraction of sp³-hybridized carbons (Fsp3) is 0.200. The van der Waals surface area contributed by atoms with E-state index in [1.54, 1.807) is 6.07 Å². The van der Waals surface area contributed by atoms with Gasteiger partial charge in [-0.3, -0.25) is 19.3 Å². The largest absolute Gasteiger partial charge is 0.308 e. The van der Waals surface area contributed by atoms with E-state index in [9.17, 15) is 9.59 Å². The zero-order valence-corrected chi connectivity index (χ0v) is 17.2. The molecule has 0 unspecified atom stereocenters. The highest BCUT2D eigenvalue weighted by molar-refractivity contribution is 7.99. The summed E-state index contributed by atoms with van der Waals surface area (Å²) in [6.07, 6.45) is 2.95. The molecule has 4 rings (SSSR count). The van der Waals surface area contributed by atoms with Crippen molar-refractivity contribution < 1.29 is 4.79 Å². The van der Waals surface area contributed by atoms with Gasteiger partial charge in [-0.1, -0.05) is 41.6 Å². The number of nitrogens with one attached hydrogen (secondary N) is 2. The van der Waals surface area contributed by atoms with Crippen LogP contribution in [0.3, 0.4) is 0 Å². The first-order valence-corrected chi connectivity index (χ1v) is 10.2. The summed E-state index contributed by atoms with van der Waals surface area (Å²) in [5.41, 5.74) is 3.09. The summed E-state index contributed by atoms with van der Waals surface area (Å²) in [5.74, 6) is 0.271. The molecular formula is C20H19N7O2S. The number of amides is 1. The van der Waals surface area contributed by atoms with Crippen molar-refractivity contribution in [3.63, 3.8) is 0 Å². The number of H-pyrrole nitrogens is 1. The normalized spacial score (nSPS) is 11.0. The zero-order valence-electron chi connectivity index (χ0n) is 16.4. The molecule has 2 N–H and O–H groups in total. The number of carbonyl (C=O) groups excluding carboxylic acids is 1. The summed E-state index contributed by atoms with van der Waals surface area (Å²) in [4.78, 5) is 38.1. The molecule has 3 heterocycles. The maximum absolute atomic E-state index is 13.1. The zero-order chi connectivity index (χ0) is 21.1. The van der Waals surface area contributed by atoms with Gasteiger partial charge in [0.05, 0.1) is 12.3 Å². The summed E-state index contributed by atoms with van der Waals surface area (Å²) in [5, 5.41) is 9.88. The van der Waals surface area contributed by atoms with Crippen LogP contribution in [0.2, 0.25) is 0 Å². The molecule has 0 aliphatic heterocycles. The lowest BCUT2D eigenvalue weighted by atomic mass is 10.1. The van der Waals surface area contributed by atoms with Crippen molar-refractivity contribution in [3.8, 4) is 0 Å². The molecule has 0 atom stereocenters. The summed E-state index contributed by atoms with van der Waals surface area (Å²) >= 11 is 1.17. The van der Waals surface area contributed by atoms with Gasteiger partial charge in [-0.15, -0.1) is 0 Å². The van der Waals surface area contributed by atoms with E-state index in [0.29, 0.717) is 17.5 Å². The maximum atomic E-state index is 13.1. The predicted molar refractivity (Wildman–Crippen MR) is 115 cm³/mol. The number of thioether (sulfide) groups is 1. The van der Waals surface area contributed by atoms with Crippen LogP contribution in [0.5, 0.6) is 0 Å². The van der Waals surface area contributed by atoms with Gasteiger partial charge in [0.1, 0.15) is 0 Å². The van der Waals surface area contributed by atoms with E-state index < -0.39 is 0 Å². The molecule has 0 saturated carbocycles. The second-order valence-corrected chi connectivity index (χ2v) is 7.72. The fourth-order valence-corrected chi connectivity index (χ4v) is 3.63. The van der Waals surface area contributed by atoms with E-state index in [-0.39, 0.29) is 28.4 Å². The first-order valence-electron chi connectivity index (χ1n) is 9.21. The number of fused-ring (bicyclic) bond motifs is 1.